The van der Waals surface area contributed by atoms with Crippen LogP contribution in [0, 0.1) is 9.39 Å². The van der Waals surface area contributed by atoms with E-state index >= 15 is 0 Å². The van der Waals surface area contributed by atoms with E-state index < -0.39 is 15.8 Å². The molecule has 0 heterocycles. The van der Waals surface area contributed by atoms with Crippen LogP contribution in [0.3, 0.4) is 0 Å². The molecule has 0 saturated carbocycles. The van der Waals surface area contributed by atoms with Crippen LogP contribution in [0.4, 0.5) is 10.1 Å². The van der Waals surface area contributed by atoms with E-state index in [1.165, 1.54) is 28.6 Å². The summed E-state index contributed by atoms with van der Waals surface area (Å²) in [6.07, 6.45) is 1.50. The monoisotopic (exact) mass is 467 g/mol. The van der Waals surface area contributed by atoms with Gasteiger partial charge < -0.3 is 0 Å². The molecule has 0 aliphatic heterocycles. The quantitative estimate of drug-likeness (QED) is 0.439. The predicted molar refractivity (Wildman–Crippen MR) is 100 cm³/mol. The van der Waals surface area contributed by atoms with Crippen LogP contribution in [-0.4, -0.2) is 15.0 Å². The van der Waals surface area contributed by atoms with Crippen molar-refractivity contribution in [3.8, 4) is 0 Å². The lowest BCUT2D eigenvalue weighted by atomic mass is 10.3. The van der Waals surface area contributed by atoms with E-state index in [-0.39, 0.29) is 16.5 Å². The Bertz CT molecular complexity index is 784. The van der Waals surface area contributed by atoms with Gasteiger partial charge in [-0.3, -0.25) is 4.31 Å². The first-order chi connectivity index (χ1) is 10.9. The fourth-order valence-electron chi connectivity index (χ4n) is 2.09. The highest BCUT2D eigenvalue weighted by molar-refractivity contribution is 14.1. The van der Waals surface area contributed by atoms with Gasteiger partial charge in [-0.1, -0.05) is 43.1 Å². The molecule has 2 aromatic carbocycles. The molecule has 0 radical (unpaired) electrons. The summed E-state index contributed by atoms with van der Waals surface area (Å²) in [4.78, 5) is 0.183. The zero-order chi connectivity index (χ0) is 17.0. The van der Waals surface area contributed by atoms with Crippen molar-refractivity contribution in [3.63, 3.8) is 0 Å². The second-order valence-corrected chi connectivity index (χ2v) is 8.39. The first kappa shape index (κ1) is 18.5. The van der Waals surface area contributed by atoms with Gasteiger partial charge in [0.25, 0.3) is 10.0 Å². The molecule has 2 aromatic rings. The first-order valence-corrected chi connectivity index (χ1v) is 10.00. The Morgan fingerprint density at radius 3 is 2.48 bits per heavy atom. The summed E-state index contributed by atoms with van der Waals surface area (Å²) >= 11 is 7.75. The van der Waals surface area contributed by atoms with Crippen LogP contribution in [0.1, 0.15) is 19.8 Å². The molecular weight excluding hydrogens is 452 g/mol. The molecule has 2 rings (SSSR count). The lowest BCUT2D eigenvalue weighted by Gasteiger charge is -2.25. The Balaban J connectivity index is 2.56. The molecule has 0 saturated heterocycles. The first-order valence-electron chi connectivity index (χ1n) is 7.10. The molecule has 0 bridgehead atoms. The maximum atomic E-state index is 13.9. The standard InChI is InChI=1S/C16H16ClFINO2S/c1-2-3-9-20(16-11-14(18)13(17)10-15(16)19)23(21,22)12-7-5-4-6-8-12/h4-8,10-11H,2-3,9H2,1H3. The van der Waals surface area contributed by atoms with Gasteiger partial charge in [-0.2, -0.15) is 0 Å². The largest absolute Gasteiger partial charge is 0.265 e. The van der Waals surface area contributed by atoms with Gasteiger partial charge in [0, 0.05) is 16.2 Å². The van der Waals surface area contributed by atoms with Crippen molar-refractivity contribution in [2.24, 2.45) is 0 Å². The summed E-state index contributed by atoms with van der Waals surface area (Å²) in [5.74, 6) is -0.633. The molecule has 0 spiro atoms. The molecule has 3 nitrogen and oxygen atoms in total. The van der Waals surface area contributed by atoms with E-state index in [4.69, 9.17) is 11.6 Å². The number of hydrogen-bond donors (Lipinski definition) is 0. The lowest BCUT2D eigenvalue weighted by molar-refractivity contribution is 0.588. The highest BCUT2D eigenvalue weighted by Crippen LogP contribution is 2.32. The summed E-state index contributed by atoms with van der Waals surface area (Å²) in [6.45, 7) is 2.26. The predicted octanol–water partition coefficient (Wildman–Crippen LogP) is 5.08. The average molecular weight is 468 g/mol. The number of halogens is 3. The second kappa shape index (κ2) is 7.81. The zero-order valence-electron chi connectivity index (χ0n) is 12.5. The van der Waals surface area contributed by atoms with Crippen LogP contribution in [0.2, 0.25) is 5.02 Å². The highest BCUT2D eigenvalue weighted by atomic mass is 127. The summed E-state index contributed by atoms with van der Waals surface area (Å²) in [7, 11) is -3.76. The normalized spacial score (nSPS) is 11.5. The Morgan fingerprint density at radius 2 is 1.87 bits per heavy atom. The van der Waals surface area contributed by atoms with Gasteiger partial charge >= 0.3 is 0 Å². The van der Waals surface area contributed by atoms with E-state index in [0.717, 1.165) is 6.42 Å². The maximum absolute atomic E-state index is 13.9. The lowest BCUT2D eigenvalue weighted by Crippen LogP contribution is -2.32. The van der Waals surface area contributed by atoms with E-state index in [1.807, 2.05) is 29.5 Å². The molecule has 0 aromatic heterocycles. The number of hydrogen-bond acceptors (Lipinski definition) is 2. The maximum Gasteiger partial charge on any atom is 0.264 e. The molecule has 0 aliphatic rings. The van der Waals surface area contributed by atoms with Crippen LogP contribution < -0.4 is 4.31 Å². The summed E-state index contributed by atoms with van der Waals surface area (Å²) in [5.41, 5.74) is 0.310. The molecule has 0 N–H and O–H groups in total. The molecule has 0 unspecified atom stereocenters. The number of unbranched alkanes of at least 4 members (excludes halogenated alkanes) is 1. The Kier molecular flexibility index (Phi) is 6.27. The number of rotatable bonds is 6. The molecular formula is C16H16ClFINO2S. The summed E-state index contributed by atoms with van der Waals surface area (Å²) in [6, 6.07) is 10.8. The molecule has 0 amide bonds. The van der Waals surface area contributed by atoms with Gasteiger partial charge in [0.15, 0.2) is 0 Å². The van der Waals surface area contributed by atoms with E-state index in [9.17, 15) is 12.8 Å². The molecule has 7 heteroatoms. The third-order valence-electron chi connectivity index (χ3n) is 3.30. The van der Waals surface area contributed by atoms with Crippen LogP contribution in [0.15, 0.2) is 47.4 Å². The number of sulfonamides is 1. The van der Waals surface area contributed by atoms with Crippen LogP contribution in [0.25, 0.3) is 0 Å². The van der Waals surface area contributed by atoms with Gasteiger partial charge in [0.05, 0.1) is 15.6 Å². The van der Waals surface area contributed by atoms with Crippen molar-refractivity contribution in [2.45, 2.75) is 24.7 Å². The van der Waals surface area contributed by atoms with Crippen LogP contribution in [0.5, 0.6) is 0 Å². The van der Waals surface area contributed by atoms with Crippen molar-refractivity contribution in [2.75, 3.05) is 10.8 Å². The average Bonchev–Trinajstić information content (AvgIpc) is 2.53. The number of benzene rings is 2. The fourth-order valence-corrected chi connectivity index (χ4v) is 4.90. The minimum atomic E-state index is -3.76. The fraction of sp³-hybridized carbons (Fsp3) is 0.250. The molecule has 0 aliphatic carbocycles. The third kappa shape index (κ3) is 4.16. The van der Waals surface area contributed by atoms with Gasteiger partial charge in [-0.05, 0) is 47.2 Å². The summed E-state index contributed by atoms with van der Waals surface area (Å²) in [5, 5.41) is -0.0225. The Hall–Kier alpha value is -0.860. The van der Waals surface area contributed by atoms with Crippen LogP contribution in [-0.2, 0) is 10.0 Å². The molecule has 124 valence electrons. The minimum Gasteiger partial charge on any atom is -0.265 e. The third-order valence-corrected chi connectivity index (χ3v) is 6.29. The number of nitrogens with zero attached hydrogens (tertiary/aromatic N) is 1. The van der Waals surface area contributed by atoms with E-state index in [1.54, 1.807) is 18.2 Å². The van der Waals surface area contributed by atoms with Gasteiger partial charge in [0.2, 0.25) is 0 Å². The Morgan fingerprint density at radius 1 is 1.22 bits per heavy atom. The summed E-state index contributed by atoms with van der Waals surface area (Å²) < 4.78 is 41.6. The van der Waals surface area contributed by atoms with Crippen molar-refractivity contribution < 1.29 is 12.8 Å². The van der Waals surface area contributed by atoms with Crippen molar-refractivity contribution in [1.29, 1.82) is 0 Å². The van der Waals surface area contributed by atoms with Crippen molar-refractivity contribution in [1.82, 2.24) is 0 Å². The van der Waals surface area contributed by atoms with Crippen molar-refractivity contribution in [3.05, 3.63) is 56.9 Å². The molecule has 23 heavy (non-hydrogen) atoms. The van der Waals surface area contributed by atoms with Gasteiger partial charge in [-0.15, -0.1) is 0 Å². The van der Waals surface area contributed by atoms with E-state index in [0.29, 0.717) is 15.7 Å². The smallest absolute Gasteiger partial charge is 0.264 e. The van der Waals surface area contributed by atoms with E-state index in [2.05, 4.69) is 0 Å². The van der Waals surface area contributed by atoms with Crippen molar-refractivity contribution >= 4 is 49.9 Å². The minimum absolute atomic E-state index is 0.0225. The Labute approximate surface area is 154 Å². The topological polar surface area (TPSA) is 37.4 Å². The highest BCUT2D eigenvalue weighted by Gasteiger charge is 2.26. The van der Waals surface area contributed by atoms with Gasteiger partial charge in [0.1, 0.15) is 5.82 Å². The zero-order valence-corrected chi connectivity index (χ0v) is 16.2. The molecule has 0 fully saturated rings. The number of anilines is 1. The SMILES string of the molecule is CCCCN(c1cc(F)c(Cl)cc1I)S(=O)(=O)c1ccccc1. The van der Waals surface area contributed by atoms with Crippen LogP contribution >= 0.6 is 34.2 Å². The van der Waals surface area contributed by atoms with Gasteiger partial charge in [-0.25, -0.2) is 12.8 Å². The second-order valence-electron chi connectivity index (χ2n) is 4.96. The molecule has 0 atom stereocenters.